The molecule has 0 spiro atoms. The van der Waals surface area contributed by atoms with E-state index in [1.165, 1.54) is 0 Å². The van der Waals surface area contributed by atoms with Crippen molar-refractivity contribution in [1.29, 1.82) is 0 Å². The first-order valence-corrected chi connectivity index (χ1v) is 10.7. The molecule has 2 aliphatic heterocycles. The highest BCUT2D eigenvalue weighted by atomic mass is 16.7. The van der Waals surface area contributed by atoms with E-state index in [1.54, 1.807) is 6.20 Å². The van der Waals surface area contributed by atoms with Crippen LogP contribution < -0.4 is 0 Å². The van der Waals surface area contributed by atoms with Crippen molar-refractivity contribution in [2.24, 2.45) is 5.92 Å². The van der Waals surface area contributed by atoms with E-state index in [2.05, 4.69) is 5.10 Å². The Bertz CT molecular complexity index is 1040. The molecule has 1 amide bonds. The minimum Gasteiger partial charge on any atom is -0.350 e. The number of fused-ring (bicyclic) bond motifs is 1. The first-order chi connectivity index (χ1) is 14.7. The lowest BCUT2D eigenvalue weighted by Crippen LogP contribution is -2.41. The molecular weight excluding hydrogens is 380 g/mol. The van der Waals surface area contributed by atoms with Gasteiger partial charge in [-0.15, -0.1) is 0 Å². The summed E-state index contributed by atoms with van der Waals surface area (Å²) >= 11 is 0. The lowest BCUT2D eigenvalue weighted by atomic mass is 9.95. The molecule has 0 unspecified atom stereocenters. The van der Waals surface area contributed by atoms with Crippen LogP contribution in [0.25, 0.3) is 22.3 Å². The molecule has 2 aromatic heterocycles. The Kier molecular flexibility index (Phi) is 5.23. The first kappa shape index (κ1) is 19.2. The summed E-state index contributed by atoms with van der Waals surface area (Å²) in [6.45, 7) is 5.49. The van der Waals surface area contributed by atoms with Gasteiger partial charge in [-0.2, -0.15) is 5.10 Å². The number of benzene rings is 1. The van der Waals surface area contributed by atoms with Gasteiger partial charge in [0.15, 0.2) is 11.9 Å². The third-order valence-corrected chi connectivity index (χ3v) is 6.07. The highest BCUT2D eigenvalue weighted by molar-refractivity contribution is 6.06. The summed E-state index contributed by atoms with van der Waals surface area (Å²) < 4.78 is 13.2. The zero-order valence-corrected chi connectivity index (χ0v) is 17.2. The third-order valence-electron chi connectivity index (χ3n) is 6.07. The number of aryl methyl sites for hydroxylation is 1. The number of hydrogen-bond donors (Lipinski definition) is 0. The van der Waals surface area contributed by atoms with Crippen molar-refractivity contribution in [3.05, 3.63) is 48.2 Å². The van der Waals surface area contributed by atoms with Gasteiger partial charge in [-0.25, -0.2) is 9.67 Å². The number of ether oxygens (including phenoxy) is 2. The van der Waals surface area contributed by atoms with E-state index < -0.39 is 0 Å². The second-order valence-electron chi connectivity index (χ2n) is 7.86. The molecule has 156 valence electrons. The molecule has 4 heterocycles. The van der Waals surface area contributed by atoms with Crippen LogP contribution in [0.5, 0.6) is 0 Å². The Labute approximate surface area is 175 Å². The van der Waals surface area contributed by atoms with Crippen molar-refractivity contribution in [2.45, 2.75) is 32.6 Å². The number of piperidine rings is 1. The SMILES string of the molecule is CCn1ncc2c(C(=O)N3CCC(C4OCCO4)CC3)cc(-c3ccccc3)nc21. The molecule has 3 aromatic rings. The molecule has 0 aliphatic carbocycles. The summed E-state index contributed by atoms with van der Waals surface area (Å²) in [5.74, 6) is 0.402. The molecule has 2 aliphatic rings. The van der Waals surface area contributed by atoms with E-state index in [0.29, 0.717) is 44.3 Å². The van der Waals surface area contributed by atoms with Crippen molar-refractivity contribution in [2.75, 3.05) is 26.3 Å². The summed E-state index contributed by atoms with van der Waals surface area (Å²) in [5, 5.41) is 5.26. The molecule has 5 rings (SSSR count). The molecule has 0 saturated carbocycles. The molecule has 0 N–H and O–H groups in total. The molecule has 7 heteroatoms. The maximum absolute atomic E-state index is 13.5. The number of carbonyl (C=O) groups is 1. The Morgan fingerprint density at radius 3 is 2.57 bits per heavy atom. The highest BCUT2D eigenvalue weighted by Gasteiger charge is 2.32. The van der Waals surface area contributed by atoms with E-state index in [9.17, 15) is 4.79 Å². The Morgan fingerprint density at radius 2 is 1.87 bits per heavy atom. The van der Waals surface area contributed by atoms with Crippen molar-refractivity contribution < 1.29 is 14.3 Å². The van der Waals surface area contributed by atoms with Crippen LogP contribution in [0, 0.1) is 5.92 Å². The second-order valence-corrected chi connectivity index (χ2v) is 7.86. The number of carbonyl (C=O) groups excluding carboxylic acids is 1. The van der Waals surface area contributed by atoms with Crippen LogP contribution >= 0.6 is 0 Å². The number of amides is 1. The quantitative estimate of drug-likeness (QED) is 0.665. The Morgan fingerprint density at radius 1 is 1.13 bits per heavy atom. The number of hydrogen-bond acceptors (Lipinski definition) is 5. The summed E-state index contributed by atoms with van der Waals surface area (Å²) in [4.78, 5) is 20.3. The average molecular weight is 406 g/mol. The van der Waals surface area contributed by atoms with Gasteiger partial charge in [0.05, 0.1) is 36.1 Å². The van der Waals surface area contributed by atoms with Crippen LogP contribution in [0.15, 0.2) is 42.6 Å². The Hall–Kier alpha value is -2.77. The molecule has 0 atom stereocenters. The van der Waals surface area contributed by atoms with Crippen molar-refractivity contribution in [1.82, 2.24) is 19.7 Å². The zero-order chi connectivity index (χ0) is 20.5. The summed E-state index contributed by atoms with van der Waals surface area (Å²) in [6, 6.07) is 11.9. The van der Waals surface area contributed by atoms with Crippen LogP contribution in [0.4, 0.5) is 0 Å². The van der Waals surface area contributed by atoms with Crippen LogP contribution in [0.1, 0.15) is 30.1 Å². The fourth-order valence-corrected chi connectivity index (χ4v) is 4.41. The molecule has 2 fully saturated rings. The zero-order valence-electron chi connectivity index (χ0n) is 17.2. The van der Waals surface area contributed by atoms with E-state index in [1.807, 2.05) is 52.9 Å². The van der Waals surface area contributed by atoms with E-state index in [-0.39, 0.29) is 12.2 Å². The fourth-order valence-electron chi connectivity index (χ4n) is 4.41. The van der Waals surface area contributed by atoms with Crippen molar-refractivity contribution in [3.8, 4) is 11.3 Å². The summed E-state index contributed by atoms with van der Waals surface area (Å²) in [5.41, 5.74) is 3.21. The molecule has 30 heavy (non-hydrogen) atoms. The van der Waals surface area contributed by atoms with Crippen molar-refractivity contribution >= 4 is 16.9 Å². The predicted molar refractivity (Wildman–Crippen MR) is 113 cm³/mol. The van der Waals surface area contributed by atoms with Gasteiger partial charge in [-0.05, 0) is 25.8 Å². The van der Waals surface area contributed by atoms with Gasteiger partial charge in [0.2, 0.25) is 0 Å². The van der Waals surface area contributed by atoms with Gasteiger partial charge in [-0.3, -0.25) is 4.79 Å². The van der Waals surface area contributed by atoms with Crippen LogP contribution in [0.3, 0.4) is 0 Å². The highest BCUT2D eigenvalue weighted by Crippen LogP contribution is 2.29. The summed E-state index contributed by atoms with van der Waals surface area (Å²) in [6.07, 6.45) is 3.44. The molecule has 7 nitrogen and oxygen atoms in total. The third kappa shape index (κ3) is 3.48. The van der Waals surface area contributed by atoms with E-state index in [0.717, 1.165) is 35.1 Å². The topological polar surface area (TPSA) is 69.5 Å². The van der Waals surface area contributed by atoms with Crippen LogP contribution in [-0.4, -0.2) is 58.2 Å². The van der Waals surface area contributed by atoms with E-state index in [4.69, 9.17) is 14.5 Å². The molecule has 0 radical (unpaired) electrons. The van der Waals surface area contributed by atoms with Gasteiger partial charge in [0.25, 0.3) is 5.91 Å². The smallest absolute Gasteiger partial charge is 0.254 e. The second kappa shape index (κ2) is 8.16. The standard InChI is InChI=1S/C23H26N4O3/c1-2-27-21-19(15-24-27)18(14-20(25-21)16-6-4-3-5-7-16)22(28)26-10-8-17(9-11-26)23-29-12-13-30-23/h3-7,14-15,17,23H,2,8-13H2,1H3. The van der Waals surface area contributed by atoms with Crippen molar-refractivity contribution in [3.63, 3.8) is 0 Å². The van der Waals surface area contributed by atoms with Gasteiger partial charge >= 0.3 is 0 Å². The number of rotatable bonds is 4. The number of nitrogens with zero attached hydrogens (tertiary/aromatic N) is 4. The van der Waals surface area contributed by atoms with Crippen LogP contribution in [0.2, 0.25) is 0 Å². The number of likely N-dealkylation sites (tertiary alicyclic amines) is 1. The molecule has 0 bridgehead atoms. The number of aromatic nitrogens is 3. The van der Waals surface area contributed by atoms with Gasteiger partial charge in [0, 0.05) is 31.1 Å². The average Bonchev–Trinajstić information content (AvgIpc) is 3.49. The maximum Gasteiger partial charge on any atom is 0.254 e. The first-order valence-electron chi connectivity index (χ1n) is 10.7. The minimum absolute atomic E-state index is 0.0435. The van der Waals surface area contributed by atoms with Crippen LogP contribution in [-0.2, 0) is 16.0 Å². The molecular formula is C23H26N4O3. The fraction of sp³-hybridized carbons (Fsp3) is 0.435. The van der Waals surface area contributed by atoms with Gasteiger partial charge in [0.1, 0.15) is 0 Å². The maximum atomic E-state index is 13.5. The van der Waals surface area contributed by atoms with Gasteiger partial charge < -0.3 is 14.4 Å². The molecule has 1 aromatic carbocycles. The predicted octanol–water partition coefficient (Wildman–Crippen LogP) is 3.34. The Balaban J connectivity index is 1.45. The monoisotopic (exact) mass is 406 g/mol. The number of pyridine rings is 1. The van der Waals surface area contributed by atoms with Gasteiger partial charge in [-0.1, -0.05) is 30.3 Å². The normalized spacial score (nSPS) is 18.4. The minimum atomic E-state index is -0.109. The summed E-state index contributed by atoms with van der Waals surface area (Å²) in [7, 11) is 0. The molecule has 2 saturated heterocycles. The largest absolute Gasteiger partial charge is 0.350 e. The van der Waals surface area contributed by atoms with E-state index >= 15 is 0 Å². The lowest BCUT2D eigenvalue weighted by molar-refractivity contribution is -0.0956. The lowest BCUT2D eigenvalue weighted by Gasteiger charge is -2.34.